The van der Waals surface area contributed by atoms with Crippen LogP contribution in [-0.2, 0) is 9.59 Å². The number of aliphatic carboxylic acids is 2. The first kappa shape index (κ1) is 16.6. The summed E-state index contributed by atoms with van der Waals surface area (Å²) in [6.45, 7) is -0.388. The summed E-state index contributed by atoms with van der Waals surface area (Å²) in [5, 5.41) is 27.8. The zero-order chi connectivity index (χ0) is 16.5. The second-order valence-electron chi connectivity index (χ2n) is 4.80. The highest BCUT2D eigenvalue weighted by molar-refractivity contribution is 9.10. The summed E-state index contributed by atoms with van der Waals surface area (Å²) in [5.41, 5.74) is 0. The van der Waals surface area contributed by atoms with Crippen LogP contribution in [0.25, 0.3) is 0 Å². The van der Waals surface area contributed by atoms with Gasteiger partial charge in [0.1, 0.15) is 10.8 Å². The van der Waals surface area contributed by atoms with Crippen LogP contribution in [0.4, 0.5) is 4.79 Å². The number of carboxylic acid groups (broad SMARTS) is 3. The Morgan fingerprint density at radius 2 is 1.86 bits per heavy atom. The standard InChI is InChI=1S/C13H12BrNO6S/c14-7-3-1-2-4-9(7)22-13(11(18)19)5-8(10(16)17)15(6-13)12(20)21/h1-4,8H,5-6H2,(H,16,17)(H,18,19)(H,20,21)/t8-,13+/m0/s1. The van der Waals surface area contributed by atoms with Crippen LogP contribution in [0.2, 0.25) is 0 Å². The number of nitrogens with zero attached hydrogens (tertiary/aromatic N) is 1. The molecule has 0 aliphatic carbocycles. The molecular weight excluding hydrogens is 378 g/mol. The monoisotopic (exact) mass is 389 g/mol. The molecule has 9 heteroatoms. The minimum absolute atomic E-state index is 0.296. The number of hydrogen-bond donors (Lipinski definition) is 3. The molecule has 2 rings (SSSR count). The summed E-state index contributed by atoms with van der Waals surface area (Å²) in [7, 11) is 0. The molecule has 0 spiro atoms. The van der Waals surface area contributed by atoms with Crippen LogP contribution >= 0.6 is 27.7 Å². The minimum atomic E-state index is -1.54. The Morgan fingerprint density at radius 1 is 1.23 bits per heavy atom. The quantitative estimate of drug-likeness (QED) is 0.722. The summed E-state index contributed by atoms with van der Waals surface area (Å²) >= 11 is 4.27. The van der Waals surface area contributed by atoms with Crippen LogP contribution < -0.4 is 0 Å². The third kappa shape index (κ3) is 3.05. The molecule has 118 valence electrons. The highest BCUT2D eigenvalue weighted by Crippen LogP contribution is 2.45. The lowest BCUT2D eigenvalue weighted by Crippen LogP contribution is -2.41. The first-order chi connectivity index (χ1) is 10.3. The number of carboxylic acids is 2. The predicted octanol–water partition coefficient (Wildman–Crippen LogP) is 2.20. The topological polar surface area (TPSA) is 115 Å². The van der Waals surface area contributed by atoms with Gasteiger partial charge in [0, 0.05) is 15.8 Å². The third-order valence-electron chi connectivity index (χ3n) is 3.39. The van der Waals surface area contributed by atoms with Gasteiger partial charge < -0.3 is 15.3 Å². The van der Waals surface area contributed by atoms with Crippen molar-refractivity contribution < 1.29 is 29.7 Å². The van der Waals surface area contributed by atoms with Gasteiger partial charge in [0.05, 0.1) is 6.54 Å². The van der Waals surface area contributed by atoms with Crippen LogP contribution in [0.5, 0.6) is 0 Å². The Hall–Kier alpha value is -1.74. The fourth-order valence-electron chi connectivity index (χ4n) is 2.30. The van der Waals surface area contributed by atoms with Gasteiger partial charge in [-0.2, -0.15) is 0 Å². The minimum Gasteiger partial charge on any atom is -0.480 e. The van der Waals surface area contributed by atoms with Crippen molar-refractivity contribution in [1.29, 1.82) is 0 Å². The van der Waals surface area contributed by atoms with Crippen molar-refractivity contribution >= 4 is 45.7 Å². The fourth-order valence-corrected chi connectivity index (χ4v) is 4.10. The van der Waals surface area contributed by atoms with Gasteiger partial charge in [-0.05, 0) is 28.1 Å². The maximum absolute atomic E-state index is 11.7. The number of thioether (sulfide) groups is 1. The molecule has 2 atom stereocenters. The van der Waals surface area contributed by atoms with E-state index in [2.05, 4.69) is 15.9 Å². The zero-order valence-corrected chi connectivity index (χ0v) is 13.5. The first-order valence-corrected chi connectivity index (χ1v) is 7.77. The van der Waals surface area contributed by atoms with E-state index in [1.54, 1.807) is 24.3 Å². The molecule has 1 heterocycles. The Morgan fingerprint density at radius 3 is 2.32 bits per heavy atom. The maximum atomic E-state index is 11.7. The van der Waals surface area contributed by atoms with Gasteiger partial charge in [-0.3, -0.25) is 9.69 Å². The number of likely N-dealkylation sites (tertiary alicyclic amines) is 1. The molecule has 0 bridgehead atoms. The molecule has 0 saturated carbocycles. The SMILES string of the molecule is O=C(O)[C@@H]1C[C@](Sc2ccccc2Br)(C(=O)O)CN1C(=O)O. The van der Waals surface area contributed by atoms with Crippen molar-refractivity contribution in [3.63, 3.8) is 0 Å². The van der Waals surface area contributed by atoms with Gasteiger partial charge >= 0.3 is 18.0 Å². The molecule has 1 aliphatic rings. The van der Waals surface area contributed by atoms with Crippen LogP contribution in [0.3, 0.4) is 0 Å². The van der Waals surface area contributed by atoms with Crippen LogP contribution in [0, 0.1) is 0 Å². The number of benzene rings is 1. The van der Waals surface area contributed by atoms with E-state index >= 15 is 0 Å². The Bertz CT molecular complexity index is 615. The van der Waals surface area contributed by atoms with E-state index in [0.29, 0.717) is 14.3 Å². The lowest BCUT2D eigenvalue weighted by atomic mass is 10.1. The van der Waals surface area contributed by atoms with Crippen molar-refractivity contribution in [2.24, 2.45) is 0 Å². The molecule has 0 unspecified atom stereocenters. The maximum Gasteiger partial charge on any atom is 0.408 e. The fraction of sp³-hybridized carbons (Fsp3) is 0.308. The highest BCUT2D eigenvalue weighted by Gasteiger charge is 2.54. The highest BCUT2D eigenvalue weighted by atomic mass is 79.9. The lowest BCUT2D eigenvalue weighted by molar-refractivity contribution is -0.141. The van der Waals surface area contributed by atoms with Gasteiger partial charge in [-0.25, -0.2) is 9.59 Å². The van der Waals surface area contributed by atoms with Gasteiger partial charge in [-0.1, -0.05) is 12.1 Å². The van der Waals surface area contributed by atoms with Crippen molar-refractivity contribution in [2.45, 2.75) is 22.1 Å². The van der Waals surface area contributed by atoms with Gasteiger partial charge in [0.15, 0.2) is 0 Å². The third-order valence-corrected chi connectivity index (χ3v) is 5.78. The second kappa shape index (κ2) is 6.17. The first-order valence-electron chi connectivity index (χ1n) is 6.16. The second-order valence-corrected chi connectivity index (χ2v) is 7.08. The van der Waals surface area contributed by atoms with E-state index in [9.17, 15) is 19.5 Å². The summed E-state index contributed by atoms with van der Waals surface area (Å²) in [6, 6.07) is 5.54. The summed E-state index contributed by atoms with van der Waals surface area (Å²) in [5.74, 6) is -2.58. The molecule has 1 amide bonds. The van der Waals surface area contributed by atoms with Crippen LogP contribution in [-0.4, -0.2) is 55.6 Å². The van der Waals surface area contributed by atoms with E-state index in [1.165, 1.54) is 0 Å². The van der Waals surface area contributed by atoms with Crippen molar-refractivity contribution in [3.8, 4) is 0 Å². The van der Waals surface area contributed by atoms with E-state index in [4.69, 9.17) is 10.2 Å². The van der Waals surface area contributed by atoms with Gasteiger partial charge in [0.2, 0.25) is 0 Å². The van der Waals surface area contributed by atoms with E-state index < -0.39 is 28.8 Å². The number of rotatable bonds is 4. The molecule has 7 nitrogen and oxygen atoms in total. The van der Waals surface area contributed by atoms with Crippen molar-refractivity contribution in [1.82, 2.24) is 4.90 Å². The Labute approximate surface area is 138 Å². The molecule has 0 aromatic heterocycles. The molecular formula is C13H12BrNO6S. The number of halogens is 1. The molecule has 22 heavy (non-hydrogen) atoms. The van der Waals surface area contributed by atoms with E-state index in [0.717, 1.165) is 11.8 Å². The van der Waals surface area contributed by atoms with Gasteiger partial charge in [-0.15, -0.1) is 11.8 Å². The van der Waals surface area contributed by atoms with Gasteiger partial charge in [0.25, 0.3) is 0 Å². The largest absolute Gasteiger partial charge is 0.480 e. The van der Waals surface area contributed by atoms with E-state index in [1.807, 2.05) is 0 Å². The average Bonchev–Trinajstić information content (AvgIpc) is 2.83. The number of amides is 1. The molecule has 1 aliphatic heterocycles. The summed E-state index contributed by atoms with van der Waals surface area (Å²) in [4.78, 5) is 35.4. The van der Waals surface area contributed by atoms with E-state index in [-0.39, 0.29) is 13.0 Å². The van der Waals surface area contributed by atoms with Crippen LogP contribution in [0.15, 0.2) is 33.6 Å². The smallest absolute Gasteiger partial charge is 0.408 e. The lowest BCUT2D eigenvalue weighted by Gasteiger charge is -2.23. The number of carbonyl (C=O) groups is 3. The molecule has 3 N–H and O–H groups in total. The summed E-state index contributed by atoms with van der Waals surface area (Å²) < 4.78 is -0.869. The van der Waals surface area contributed by atoms with Crippen molar-refractivity contribution in [2.75, 3.05) is 6.54 Å². The molecule has 1 aromatic carbocycles. The Kier molecular flexibility index (Phi) is 4.66. The number of hydrogen-bond acceptors (Lipinski definition) is 4. The predicted molar refractivity (Wildman–Crippen MR) is 81.1 cm³/mol. The average molecular weight is 390 g/mol. The normalized spacial score (nSPS) is 24.2. The Balaban J connectivity index is 2.38. The summed E-state index contributed by atoms with van der Waals surface area (Å²) in [6.07, 6.45) is -1.74. The van der Waals surface area contributed by atoms with Crippen molar-refractivity contribution in [3.05, 3.63) is 28.7 Å². The molecule has 0 radical (unpaired) electrons. The zero-order valence-electron chi connectivity index (χ0n) is 11.1. The molecule has 1 saturated heterocycles. The van der Waals surface area contributed by atoms with Crippen LogP contribution in [0.1, 0.15) is 6.42 Å². The molecule has 1 fully saturated rings. The molecule has 1 aromatic rings.